The van der Waals surface area contributed by atoms with Crippen molar-refractivity contribution in [3.63, 3.8) is 0 Å². The number of methoxy groups -OCH3 is 2. The van der Waals surface area contributed by atoms with Gasteiger partial charge in [0.15, 0.2) is 11.5 Å². The molecule has 1 saturated heterocycles. The first-order valence-electron chi connectivity index (χ1n) is 8.21. The second kappa shape index (κ2) is 7.38. The maximum absolute atomic E-state index is 12.6. The zero-order valence-corrected chi connectivity index (χ0v) is 14.1. The minimum absolute atomic E-state index is 0.106. The van der Waals surface area contributed by atoms with E-state index in [1.54, 1.807) is 25.1 Å². The largest absolute Gasteiger partial charge is 0.493 e. The number of carbonyl (C=O) groups is 1. The van der Waals surface area contributed by atoms with E-state index in [1.165, 1.54) is 0 Å². The van der Waals surface area contributed by atoms with Crippen LogP contribution in [0.3, 0.4) is 0 Å². The summed E-state index contributed by atoms with van der Waals surface area (Å²) < 4.78 is 12.5. The Labute approximate surface area is 142 Å². The average molecular weight is 329 g/mol. The molecule has 0 aliphatic carbocycles. The standard InChI is InChI=1S/C18H23N3O3/c1-23-16-7-6-14(13-17(16)24-2)15-5-3-11-21(15)18(22)8-12-20-10-4-9-19-20/h4,6-7,9-10,13,15H,3,5,8,11-12H2,1-2H3/t15-/m0/s1. The van der Waals surface area contributed by atoms with E-state index in [9.17, 15) is 4.79 Å². The Morgan fingerprint density at radius 3 is 2.83 bits per heavy atom. The minimum atomic E-state index is 0.106. The van der Waals surface area contributed by atoms with E-state index < -0.39 is 0 Å². The van der Waals surface area contributed by atoms with E-state index in [2.05, 4.69) is 5.10 Å². The molecule has 1 amide bonds. The van der Waals surface area contributed by atoms with E-state index in [0.717, 1.165) is 24.9 Å². The van der Waals surface area contributed by atoms with Crippen LogP contribution in [0.4, 0.5) is 0 Å². The molecule has 0 saturated carbocycles. The molecule has 3 rings (SSSR count). The summed E-state index contributed by atoms with van der Waals surface area (Å²) in [6.45, 7) is 1.41. The van der Waals surface area contributed by atoms with Gasteiger partial charge in [-0.25, -0.2) is 0 Å². The molecule has 0 unspecified atom stereocenters. The van der Waals surface area contributed by atoms with Crippen LogP contribution in [-0.4, -0.2) is 41.4 Å². The Hall–Kier alpha value is -2.50. The third kappa shape index (κ3) is 3.37. The lowest BCUT2D eigenvalue weighted by Crippen LogP contribution is -2.31. The molecule has 1 fully saturated rings. The van der Waals surface area contributed by atoms with E-state index >= 15 is 0 Å². The highest BCUT2D eigenvalue weighted by molar-refractivity contribution is 5.77. The second-order valence-electron chi connectivity index (χ2n) is 5.88. The third-order valence-corrected chi connectivity index (χ3v) is 4.48. The van der Waals surface area contributed by atoms with Gasteiger partial charge in [-0.2, -0.15) is 5.10 Å². The van der Waals surface area contributed by atoms with Gasteiger partial charge in [-0.1, -0.05) is 6.07 Å². The molecule has 0 spiro atoms. The quantitative estimate of drug-likeness (QED) is 0.817. The number of likely N-dealkylation sites (tertiary alicyclic amines) is 1. The summed E-state index contributed by atoms with van der Waals surface area (Å²) in [6.07, 6.45) is 6.07. The summed E-state index contributed by atoms with van der Waals surface area (Å²) in [5.41, 5.74) is 1.09. The number of aryl methyl sites for hydroxylation is 1. The van der Waals surface area contributed by atoms with Crippen LogP contribution in [-0.2, 0) is 11.3 Å². The number of nitrogens with zero attached hydrogens (tertiary/aromatic N) is 3. The average Bonchev–Trinajstić information content (AvgIpc) is 3.30. The van der Waals surface area contributed by atoms with E-state index in [0.29, 0.717) is 24.5 Å². The zero-order valence-electron chi connectivity index (χ0n) is 14.1. The van der Waals surface area contributed by atoms with Gasteiger partial charge in [0.1, 0.15) is 0 Å². The summed E-state index contributed by atoms with van der Waals surface area (Å²) in [5, 5.41) is 4.15. The van der Waals surface area contributed by atoms with Gasteiger partial charge in [-0.3, -0.25) is 9.48 Å². The van der Waals surface area contributed by atoms with Gasteiger partial charge in [-0.15, -0.1) is 0 Å². The van der Waals surface area contributed by atoms with Crippen molar-refractivity contribution in [3.8, 4) is 11.5 Å². The van der Waals surface area contributed by atoms with Crippen LogP contribution in [0.1, 0.15) is 30.9 Å². The van der Waals surface area contributed by atoms with Crippen LogP contribution in [0.25, 0.3) is 0 Å². The molecule has 24 heavy (non-hydrogen) atoms. The van der Waals surface area contributed by atoms with Crippen molar-refractivity contribution in [2.75, 3.05) is 20.8 Å². The van der Waals surface area contributed by atoms with Crippen LogP contribution < -0.4 is 9.47 Å². The Kier molecular flexibility index (Phi) is 5.03. The first kappa shape index (κ1) is 16.4. The molecule has 0 N–H and O–H groups in total. The SMILES string of the molecule is COc1ccc([C@@H]2CCCN2C(=O)CCn2cccn2)cc1OC. The van der Waals surface area contributed by atoms with Crippen LogP contribution in [0.2, 0.25) is 0 Å². The Morgan fingerprint density at radius 2 is 2.12 bits per heavy atom. The van der Waals surface area contributed by atoms with Crippen molar-refractivity contribution in [1.82, 2.24) is 14.7 Å². The van der Waals surface area contributed by atoms with Crippen LogP contribution >= 0.6 is 0 Å². The Morgan fingerprint density at radius 1 is 1.29 bits per heavy atom. The summed E-state index contributed by atoms with van der Waals surface area (Å²) in [6, 6.07) is 7.87. The highest BCUT2D eigenvalue weighted by Crippen LogP contribution is 2.37. The number of rotatable bonds is 6. The lowest BCUT2D eigenvalue weighted by Gasteiger charge is -2.26. The molecule has 1 aliphatic rings. The molecule has 0 radical (unpaired) electrons. The number of hydrogen-bond acceptors (Lipinski definition) is 4. The molecular formula is C18H23N3O3. The smallest absolute Gasteiger partial charge is 0.224 e. The van der Waals surface area contributed by atoms with Crippen molar-refractivity contribution >= 4 is 5.91 Å². The molecule has 1 aromatic heterocycles. The van der Waals surface area contributed by atoms with Gasteiger partial charge in [0.05, 0.1) is 20.3 Å². The lowest BCUT2D eigenvalue weighted by atomic mass is 10.0. The maximum atomic E-state index is 12.6. The van der Waals surface area contributed by atoms with Gasteiger partial charge < -0.3 is 14.4 Å². The molecule has 2 heterocycles. The first-order chi connectivity index (χ1) is 11.7. The first-order valence-corrected chi connectivity index (χ1v) is 8.21. The van der Waals surface area contributed by atoms with Gasteiger partial charge in [0.25, 0.3) is 0 Å². The second-order valence-corrected chi connectivity index (χ2v) is 5.88. The van der Waals surface area contributed by atoms with Crippen molar-refractivity contribution < 1.29 is 14.3 Å². The molecule has 0 bridgehead atoms. The summed E-state index contributed by atoms with van der Waals surface area (Å²) >= 11 is 0. The lowest BCUT2D eigenvalue weighted by molar-refractivity contribution is -0.132. The molecule has 6 heteroatoms. The number of hydrogen-bond donors (Lipinski definition) is 0. The fraction of sp³-hybridized carbons (Fsp3) is 0.444. The number of benzene rings is 1. The Bertz CT molecular complexity index is 685. The van der Waals surface area contributed by atoms with Crippen LogP contribution in [0.15, 0.2) is 36.7 Å². The van der Waals surface area contributed by atoms with Gasteiger partial charge >= 0.3 is 0 Å². The molecule has 1 aromatic carbocycles. The zero-order chi connectivity index (χ0) is 16.9. The molecular weight excluding hydrogens is 306 g/mol. The van der Waals surface area contributed by atoms with Gasteiger partial charge in [-0.05, 0) is 36.6 Å². The molecule has 6 nitrogen and oxygen atoms in total. The fourth-order valence-electron chi connectivity index (χ4n) is 3.26. The fourth-order valence-corrected chi connectivity index (χ4v) is 3.26. The molecule has 2 aromatic rings. The predicted molar refractivity (Wildman–Crippen MR) is 90.1 cm³/mol. The molecule has 128 valence electrons. The molecule has 1 aliphatic heterocycles. The van der Waals surface area contributed by atoms with E-state index in [4.69, 9.17) is 9.47 Å². The van der Waals surface area contributed by atoms with E-state index in [1.807, 2.05) is 35.4 Å². The summed E-state index contributed by atoms with van der Waals surface area (Å²) in [7, 11) is 3.25. The van der Waals surface area contributed by atoms with Crippen molar-refractivity contribution in [3.05, 3.63) is 42.2 Å². The third-order valence-electron chi connectivity index (χ3n) is 4.48. The number of carbonyl (C=O) groups excluding carboxylic acids is 1. The Balaban J connectivity index is 1.71. The predicted octanol–water partition coefficient (Wildman–Crippen LogP) is 2.65. The minimum Gasteiger partial charge on any atom is -0.493 e. The summed E-state index contributed by atoms with van der Waals surface area (Å²) in [5.74, 6) is 1.57. The molecule has 1 atom stereocenters. The van der Waals surface area contributed by atoms with Crippen molar-refractivity contribution in [2.24, 2.45) is 0 Å². The van der Waals surface area contributed by atoms with Crippen LogP contribution in [0, 0.1) is 0 Å². The maximum Gasteiger partial charge on any atom is 0.224 e. The number of amides is 1. The highest BCUT2D eigenvalue weighted by Gasteiger charge is 2.30. The van der Waals surface area contributed by atoms with Gasteiger partial charge in [0, 0.05) is 31.9 Å². The van der Waals surface area contributed by atoms with Gasteiger partial charge in [0.2, 0.25) is 5.91 Å². The summed E-state index contributed by atoms with van der Waals surface area (Å²) in [4.78, 5) is 14.6. The topological polar surface area (TPSA) is 56.6 Å². The van der Waals surface area contributed by atoms with Crippen molar-refractivity contribution in [1.29, 1.82) is 0 Å². The van der Waals surface area contributed by atoms with Crippen LogP contribution in [0.5, 0.6) is 11.5 Å². The number of ether oxygens (including phenoxy) is 2. The normalized spacial score (nSPS) is 17.1. The monoisotopic (exact) mass is 329 g/mol. The number of aromatic nitrogens is 2. The highest BCUT2D eigenvalue weighted by atomic mass is 16.5. The van der Waals surface area contributed by atoms with E-state index in [-0.39, 0.29) is 11.9 Å². The van der Waals surface area contributed by atoms with Crippen molar-refractivity contribution in [2.45, 2.75) is 31.8 Å².